The van der Waals surface area contributed by atoms with Crippen molar-refractivity contribution in [2.24, 2.45) is 5.90 Å². The number of halogens is 3. The molecule has 3 nitrogen and oxygen atoms in total. The monoisotopic (exact) mass is 178 g/mol. The summed E-state index contributed by atoms with van der Waals surface area (Å²) >= 11 is 0. The van der Waals surface area contributed by atoms with Crippen LogP contribution < -0.4 is 10.7 Å². The maximum atomic E-state index is 11.9. The van der Waals surface area contributed by atoms with E-state index in [1.165, 1.54) is 6.07 Å². The molecule has 66 valence electrons. The van der Waals surface area contributed by atoms with Crippen LogP contribution in [0.4, 0.5) is 13.2 Å². The van der Waals surface area contributed by atoms with E-state index < -0.39 is 11.9 Å². The zero-order valence-electron chi connectivity index (χ0n) is 5.80. The van der Waals surface area contributed by atoms with Crippen LogP contribution >= 0.6 is 0 Å². The molecule has 0 unspecified atom stereocenters. The van der Waals surface area contributed by atoms with Gasteiger partial charge in [0.15, 0.2) is 0 Å². The molecule has 0 fully saturated rings. The lowest BCUT2D eigenvalue weighted by atomic mass is 10.3. The molecule has 0 bridgehead atoms. The predicted molar refractivity (Wildman–Crippen MR) is 34.1 cm³/mol. The SMILES string of the molecule is NOc1cccc(C(F)(F)F)n1. The van der Waals surface area contributed by atoms with E-state index in [-0.39, 0.29) is 5.88 Å². The lowest BCUT2D eigenvalue weighted by Crippen LogP contribution is -2.10. The molecule has 2 N–H and O–H groups in total. The third-order valence-electron chi connectivity index (χ3n) is 1.13. The molecule has 1 rings (SSSR count). The lowest BCUT2D eigenvalue weighted by Gasteiger charge is -2.05. The Morgan fingerprint density at radius 3 is 2.50 bits per heavy atom. The van der Waals surface area contributed by atoms with Gasteiger partial charge in [-0.15, -0.1) is 0 Å². The maximum Gasteiger partial charge on any atom is 0.433 e. The molecule has 0 aliphatic heterocycles. The molecule has 0 saturated carbocycles. The Morgan fingerprint density at radius 2 is 2.00 bits per heavy atom. The Morgan fingerprint density at radius 1 is 1.33 bits per heavy atom. The highest BCUT2D eigenvalue weighted by Crippen LogP contribution is 2.28. The molecule has 0 aliphatic carbocycles. The van der Waals surface area contributed by atoms with E-state index in [1.54, 1.807) is 0 Å². The van der Waals surface area contributed by atoms with Crippen molar-refractivity contribution in [1.29, 1.82) is 0 Å². The Bertz CT molecular complexity index is 274. The second kappa shape index (κ2) is 2.98. The predicted octanol–water partition coefficient (Wildman–Crippen LogP) is 1.35. The standard InChI is InChI=1S/C6H5F3N2O/c7-6(8,9)4-2-1-3-5(11-4)12-10/h1-3H,10H2. The highest BCUT2D eigenvalue weighted by molar-refractivity contribution is 5.17. The molecule has 0 spiro atoms. The van der Waals surface area contributed by atoms with Gasteiger partial charge in [0.2, 0.25) is 5.88 Å². The molecule has 1 heterocycles. The Balaban J connectivity index is 3.02. The van der Waals surface area contributed by atoms with Crippen LogP contribution in [-0.4, -0.2) is 4.98 Å². The van der Waals surface area contributed by atoms with Gasteiger partial charge in [-0.05, 0) is 6.07 Å². The number of alkyl halides is 3. The molecule has 0 atom stereocenters. The van der Waals surface area contributed by atoms with Gasteiger partial charge in [0.05, 0.1) is 0 Å². The minimum atomic E-state index is -4.46. The van der Waals surface area contributed by atoms with Gasteiger partial charge in [-0.1, -0.05) is 6.07 Å². The highest BCUT2D eigenvalue weighted by Gasteiger charge is 2.32. The van der Waals surface area contributed by atoms with Gasteiger partial charge < -0.3 is 4.84 Å². The van der Waals surface area contributed by atoms with Gasteiger partial charge in [0.25, 0.3) is 0 Å². The number of nitrogens with two attached hydrogens (primary N) is 1. The second-order valence-electron chi connectivity index (χ2n) is 1.98. The highest BCUT2D eigenvalue weighted by atomic mass is 19.4. The molecule has 0 radical (unpaired) electrons. The number of hydrogen-bond donors (Lipinski definition) is 1. The van der Waals surface area contributed by atoms with E-state index in [2.05, 4.69) is 15.7 Å². The molecule has 0 aromatic carbocycles. The lowest BCUT2D eigenvalue weighted by molar-refractivity contribution is -0.141. The second-order valence-corrected chi connectivity index (χ2v) is 1.98. The summed E-state index contributed by atoms with van der Waals surface area (Å²) in [6.45, 7) is 0. The summed E-state index contributed by atoms with van der Waals surface area (Å²) < 4.78 is 35.8. The van der Waals surface area contributed by atoms with Gasteiger partial charge in [-0.25, -0.2) is 4.98 Å². The smallest absolute Gasteiger partial charge is 0.391 e. The van der Waals surface area contributed by atoms with Crippen molar-refractivity contribution in [2.45, 2.75) is 6.18 Å². The first kappa shape index (κ1) is 8.79. The summed E-state index contributed by atoms with van der Waals surface area (Å²) in [5.74, 6) is 4.37. The van der Waals surface area contributed by atoms with Gasteiger partial charge in [-0.3, -0.25) is 0 Å². The summed E-state index contributed by atoms with van der Waals surface area (Å²) in [5.41, 5.74) is -1.02. The van der Waals surface area contributed by atoms with E-state index in [0.29, 0.717) is 0 Å². The number of nitrogens with zero attached hydrogens (tertiary/aromatic N) is 1. The van der Waals surface area contributed by atoms with Crippen LogP contribution in [0.5, 0.6) is 5.88 Å². The summed E-state index contributed by atoms with van der Waals surface area (Å²) in [6.07, 6.45) is -4.46. The average molecular weight is 178 g/mol. The van der Waals surface area contributed by atoms with Crippen molar-refractivity contribution in [3.05, 3.63) is 23.9 Å². The fourth-order valence-electron chi connectivity index (χ4n) is 0.638. The zero-order valence-corrected chi connectivity index (χ0v) is 5.80. The first-order valence-electron chi connectivity index (χ1n) is 2.95. The molecule has 6 heteroatoms. The van der Waals surface area contributed by atoms with Gasteiger partial charge in [-0.2, -0.15) is 19.1 Å². The van der Waals surface area contributed by atoms with Gasteiger partial charge in [0, 0.05) is 6.07 Å². The van der Waals surface area contributed by atoms with Crippen molar-refractivity contribution in [3.8, 4) is 5.88 Å². The fraction of sp³-hybridized carbons (Fsp3) is 0.167. The van der Waals surface area contributed by atoms with Gasteiger partial charge >= 0.3 is 6.18 Å². The van der Waals surface area contributed by atoms with E-state index in [4.69, 9.17) is 0 Å². The molecular weight excluding hydrogens is 173 g/mol. The van der Waals surface area contributed by atoms with Crippen molar-refractivity contribution < 1.29 is 18.0 Å². The summed E-state index contributed by atoms with van der Waals surface area (Å²) in [6, 6.07) is 3.23. The molecular formula is C6H5F3N2O. The Labute approximate surface area is 65.9 Å². The van der Waals surface area contributed by atoms with Crippen LogP contribution in [0.2, 0.25) is 0 Å². The number of hydrogen-bond acceptors (Lipinski definition) is 3. The van der Waals surface area contributed by atoms with Crippen molar-refractivity contribution in [1.82, 2.24) is 4.98 Å². The molecule has 0 amide bonds. The Hall–Kier alpha value is -1.30. The van der Waals surface area contributed by atoms with Gasteiger partial charge in [0.1, 0.15) is 5.69 Å². The first-order valence-corrected chi connectivity index (χ1v) is 2.95. The summed E-state index contributed by atoms with van der Waals surface area (Å²) in [5, 5.41) is 0. The number of pyridine rings is 1. The molecule has 0 saturated heterocycles. The van der Waals surface area contributed by atoms with Crippen LogP contribution in [0, 0.1) is 0 Å². The van der Waals surface area contributed by atoms with E-state index >= 15 is 0 Å². The summed E-state index contributed by atoms with van der Waals surface area (Å²) in [4.78, 5) is 7.13. The number of rotatable bonds is 1. The molecule has 1 aromatic heterocycles. The minimum absolute atomic E-state index is 0.259. The Kier molecular flexibility index (Phi) is 2.18. The third-order valence-corrected chi connectivity index (χ3v) is 1.13. The zero-order chi connectivity index (χ0) is 9.19. The van der Waals surface area contributed by atoms with Crippen molar-refractivity contribution in [3.63, 3.8) is 0 Å². The van der Waals surface area contributed by atoms with Crippen LogP contribution in [0.25, 0.3) is 0 Å². The average Bonchev–Trinajstić information content (AvgIpc) is 2.03. The van der Waals surface area contributed by atoms with Crippen LogP contribution in [0.15, 0.2) is 18.2 Å². The fourth-order valence-corrected chi connectivity index (χ4v) is 0.638. The molecule has 0 aliphatic rings. The van der Waals surface area contributed by atoms with E-state index in [9.17, 15) is 13.2 Å². The topological polar surface area (TPSA) is 48.1 Å². The van der Waals surface area contributed by atoms with E-state index in [1.807, 2.05) is 0 Å². The minimum Gasteiger partial charge on any atom is -0.391 e. The molecule has 1 aromatic rings. The summed E-state index contributed by atoms with van der Waals surface area (Å²) in [7, 11) is 0. The normalized spacial score (nSPS) is 11.3. The van der Waals surface area contributed by atoms with Crippen LogP contribution in [0.1, 0.15) is 5.69 Å². The third kappa shape index (κ3) is 1.85. The van der Waals surface area contributed by atoms with Crippen molar-refractivity contribution in [2.75, 3.05) is 0 Å². The molecule has 12 heavy (non-hydrogen) atoms. The quantitative estimate of drug-likeness (QED) is 0.660. The van der Waals surface area contributed by atoms with Crippen molar-refractivity contribution >= 4 is 0 Å². The van der Waals surface area contributed by atoms with Crippen LogP contribution in [0.3, 0.4) is 0 Å². The van der Waals surface area contributed by atoms with Crippen LogP contribution in [-0.2, 0) is 6.18 Å². The van der Waals surface area contributed by atoms with E-state index in [0.717, 1.165) is 12.1 Å². The number of aromatic nitrogens is 1. The largest absolute Gasteiger partial charge is 0.433 e. The first-order chi connectivity index (χ1) is 5.54. The maximum absolute atomic E-state index is 11.9.